The zero-order chi connectivity index (χ0) is 46.3. The van der Waals surface area contributed by atoms with Crippen molar-refractivity contribution in [3.05, 3.63) is 136 Å². The van der Waals surface area contributed by atoms with Gasteiger partial charge in [0.1, 0.15) is 22.6 Å². The molecule has 8 N–H and O–H groups in total. The van der Waals surface area contributed by atoms with E-state index in [0.29, 0.717) is 92.4 Å². The van der Waals surface area contributed by atoms with Gasteiger partial charge >= 0.3 is 23.9 Å². The molecule has 1 heterocycles. The van der Waals surface area contributed by atoms with Crippen LogP contribution in [0.1, 0.15) is 58.9 Å². The first kappa shape index (κ1) is 51.6. The number of hydrogen-bond acceptors (Lipinski definition) is 12. The standard InChI is InChI=1S/C47H51N5O12.Gd/c1-31(53)27-49-16-20-51(29-43(56)57)22-18-50(19-23-52(21-17-49)30-44(58)59)28-35-6-12-37(13-7-35)45(60)48-40-26-34(3-2-32-8-14-41(54)38(24-32)46(61)62)5-11-36(40)10-4-33-9-15-42(55)39(25-33)47(63)64;/h2-15,24-26,53-55H,1,16-23,27-30H2,(H,48,60)(H,56,57)(H,58,59)(H,61,62)(H,63,64);/b3-2+,10-4+;. The van der Waals surface area contributed by atoms with Crippen molar-refractivity contribution in [2.45, 2.75) is 6.54 Å². The van der Waals surface area contributed by atoms with Gasteiger partial charge in [-0.05, 0) is 70.3 Å². The van der Waals surface area contributed by atoms with E-state index in [1.165, 1.54) is 24.3 Å². The van der Waals surface area contributed by atoms with Crippen LogP contribution in [0.2, 0.25) is 0 Å². The first-order valence-electron chi connectivity index (χ1n) is 20.3. The Labute approximate surface area is 407 Å². The predicted molar refractivity (Wildman–Crippen MR) is 240 cm³/mol. The number of aromatic hydroxyl groups is 2. The van der Waals surface area contributed by atoms with E-state index in [0.717, 1.165) is 5.56 Å². The van der Waals surface area contributed by atoms with Crippen molar-refractivity contribution in [1.29, 1.82) is 0 Å². The molecular weight excluding hydrogens is 984 g/mol. The van der Waals surface area contributed by atoms with Gasteiger partial charge in [0.15, 0.2) is 0 Å². The maximum absolute atomic E-state index is 13.8. The molecule has 1 amide bonds. The number of amides is 1. The number of carbonyl (C=O) groups excluding carboxylic acids is 1. The number of aliphatic hydroxyl groups is 1. The first-order valence-corrected chi connectivity index (χ1v) is 20.3. The van der Waals surface area contributed by atoms with E-state index in [4.69, 9.17) is 0 Å². The van der Waals surface area contributed by atoms with Crippen molar-refractivity contribution in [2.75, 3.05) is 77.3 Å². The largest absolute Gasteiger partial charge is 0.512 e. The molecule has 0 spiro atoms. The molecule has 0 atom stereocenters. The number of phenols is 2. The quantitative estimate of drug-likeness (QED) is 0.0540. The van der Waals surface area contributed by atoms with Gasteiger partial charge in [0.2, 0.25) is 0 Å². The van der Waals surface area contributed by atoms with Crippen LogP contribution in [0.4, 0.5) is 5.69 Å². The monoisotopic (exact) mass is 1040 g/mol. The number of carboxylic acids is 4. The van der Waals surface area contributed by atoms with Crippen LogP contribution in [0.25, 0.3) is 24.3 Å². The van der Waals surface area contributed by atoms with Gasteiger partial charge in [-0.3, -0.25) is 34.0 Å². The normalized spacial score (nSPS) is 14.8. The van der Waals surface area contributed by atoms with Gasteiger partial charge in [-0.25, -0.2) is 9.59 Å². The Bertz CT molecular complexity index is 2390. The van der Waals surface area contributed by atoms with Gasteiger partial charge in [-0.15, -0.1) is 0 Å². The Kier molecular flexibility index (Phi) is 19.8. The first-order chi connectivity index (χ1) is 30.5. The van der Waals surface area contributed by atoms with E-state index in [-0.39, 0.29) is 88.0 Å². The van der Waals surface area contributed by atoms with Crippen LogP contribution >= 0.6 is 0 Å². The van der Waals surface area contributed by atoms with Crippen molar-refractivity contribution in [3.8, 4) is 11.5 Å². The summed E-state index contributed by atoms with van der Waals surface area (Å²) in [6.45, 7) is 7.29. The summed E-state index contributed by atoms with van der Waals surface area (Å²) in [4.78, 5) is 68.1. The van der Waals surface area contributed by atoms with Crippen molar-refractivity contribution >= 4 is 59.8 Å². The molecular formula is C47H51GdN5O12. The van der Waals surface area contributed by atoms with Crippen molar-refractivity contribution in [3.63, 3.8) is 0 Å². The number of anilines is 1. The minimum Gasteiger partial charge on any atom is -0.512 e. The predicted octanol–water partition coefficient (Wildman–Crippen LogP) is 5.05. The Morgan fingerprint density at radius 2 is 0.954 bits per heavy atom. The Morgan fingerprint density at radius 3 is 1.40 bits per heavy atom. The summed E-state index contributed by atoms with van der Waals surface area (Å²) in [5.41, 5.74) is 3.22. The van der Waals surface area contributed by atoms with Gasteiger partial charge in [0.05, 0.1) is 25.4 Å². The average molecular weight is 1040 g/mol. The summed E-state index contributed by atoms with van der Waals surface area (Å²) >= 11 is 0. The summed E-state index contributed by atoms with van der Waals surface area (Å²) in [5.74, 6) is -5.75. The number of benzene rings is 4. The second-order valence-corrected chi connectivity index (χ2v) is 15.3. The summed E-state index contributed by atoms with van der Waals surface area (Å²) in [5, 5.41) is 70.8. The topological polar surface area (TPSA) is 252 Å². The zero-order valence-corrected chi connectivity index (χ0v) is 37.6. The molecule has 5 rings (SSSR count). The molecule has 344 valence electrons. The maximum atomic E-state index is 13.8. The van der Waals surface area contributed by atoms with E-state index >= 15 is 0 Å². The zero-order valence-electron chi connectivity index (χ0n) is 35.3. The number of nitrogens with zero attached hydrogens (tertiary/aromatic N) is 4. The van der Waals surface area contributed by atoms with Crippen molar-refractivity contribution in [2.24, 2.45) is 0 Å². The molecule has 0 saturated carbocycles. The smallest absolute Gasteiger partial charge is 0.339 e. The third-order valence-electron chi connectivity index (χ3n) is 10.4. The number of rotatable bonds is 16. The third kappa shape index (κ3) is 16.5. The van der Waals surface area contributed by atoms with Gasteiger partial charge in [-0.2, -0.15) is 0 Å². The van der Waals surface area contributed by atoms with Crippen LogP contribution in [0.3, 0.4) is 0 Å². The number of aromatic carboxylic acids is 2. The SMILES string of the molecule is C=C(O)CN1CCN(CC(=O)O)CCN(Cc2ccc(C(=O)Nc3cc(/C=C/c4ccc(O)c(C(=O)O)c4)ccc3/C=C/c3ccc(O)c(C(=O)O)c3)cc2)CCN(CC(=O)O)CC1.[Gd]. The molecule has 0 unspecified atom stereocenters. The Balaban J connectivity index is 0.00000925. The van der Waals surface area contributed by atoms with E-state index < -0.39 is 29.8 Å². The third-order valence-corrected chi connectivity index (χ3v) is 10.4. The number of hydrogen-bond donors (Lipinski definition) is 8. The molecule has 0 aromatic heterocycles. The number of carbonyl (C=O) groups is 5. The molecule has 1 aliphatic heterocycles. The van der Waals surface area contributed by atoms with E-state index in [2.05, 4.69) is 16.8 Å². The van der Waals surface area contributed by atoms with Crippen LogP contribution in [-0.2, 0) is 16.1 Å². The van der Waals surface area contributed by atoms with Crippen molar-refractivity contribution in [1.82, 2.24) is 19.6 Å². The van der Waals surface area contributed by atoms with Crippen molar-refractivity contribution < 1.29 is 99.7 Å². The fraction of sp³-hybridized carbons (Fsp3) is 0.255. The Morgan fingerprint density at radius 1 is 0.538 bits per heavy atom. The molecule has 0 radical (unpaired) electrons. The number of nitrogens with one attached hydrogen (secondary N) is 1. The molecule has 17 nitrogen and oxygen atoms in total. The van der Waals surface area contributed by atoms with E-state index in [1.807, 2.05) is 26.8 Å². The van der Waals surface area contributed by atoms with Crippen LogP contribution in [0.5, 0.6) is 11.5 Å². The number of carboxylic acid groups (broad SMARTS) is 4. The van der Waals surface area contributed by atoms with Crippen LogP contribution in [0, 0.1) is 39.9 Å². The molecule has 4 aromatic carbocycles. The molecule has 0 bridgehead atoms. The Hall–Kier alpha value is -5.99. The summed E-state index contributed by atoms with van der Waals surface area (Å²) in [7, 11) is 0. The molecule has 1 fully saturated rings. The average Bonchev–Trinajstić information content (AvgIpc) is 3.23. The second-order valence-electron chi connectivity index (χ2n) is 15.3. The van der Waals surface area contributed by atoms with Gasteiger partial charge in [-0.1, -0.05) is 67.3 Å². The minimum absolute atomic E-state index is 0. The van der Waals surface area contributed by atoms with Gasteiger partial charge in [0.25, 0.3) is 5.91 Å². The number of aliphatic hydroxyl groups excluding tert-OH is 1. The molecule has 1 saturated heterocycles. The number of aliphatic carboxylic acids is 2. The van der Waals surface area contributed by atoms with Crippen LogP contribution < -0.4 is 5.32 Å². The summed E-state index contributed by atoms with van der Waals surface area (Å²) in [6, 6.07) is 20.5. The molecule has 1 aliphatic rings. The maximum Gasteiger partial charge on any atom is 0.339 e. The molecule has 65 heavy (non-hydrogen) atoms. The van der Waals surface area contributed by atoms with Crippen LogP contribution in [-0.4, -0.2) is 157 Å². The fourth-order valence-corrected chi connectivity index (χ4v) is 7.03. The summed E-state index contributed by atoms with van der Waals surface area (Å²) < 4.78 is 0. The molecule has 0 aliphatic carbocycles. The summed E-state index contributed by atoms with van der Waals surface area (Å²) in [6.07, 6.45) is 6.67. The van der Waals surface area contributed by atoms with E-state index in [9.17, 15) is 59.7 Å². The second kappa shape index (κ2) is 24.9. The van der Waals surface area contributed by atoms with Crippen LogP contribution in [0.15, 0.2) is 91.2 Å². The van der Waals surface area contributed by atoms with Gasteiger partial charge < -0.3 is 41.1 Å². The fourth-order valence-electron chi connectivity index (χ4n) is 7.03. The molecule has 18 heteroatoms. The molecule has 4 aromatic rings. The minimum atomic E-state index is -1.30. The van der Waals surface area contributed by atoms with Gasteiger partial charge in [0, 0.05) is 110 Å². The van der Waals surface area contributed by atoms with E-state index in [1.54, 1.807) is 66.8 Å².